The zero-order chi connectivity index (χ0) is 33.1. The standard InChI is InChI=1S/C29H34F2N4O10/c1-6-41-26(38)23-19(11-17-9-10-32-22(12-17)34-28(40)43-16(5)42-25(37)14(2)3)24(36)35(23)27(39)33-15(4)18-7-8-20-21(13-18)45-29(30,31)44-20/h7-10,12-16,19,23,26,38H,6,11H2,1-5H3,(H,33,39)(H,32,34,40)/t15-,16?,19-,23+,26?/m1/s1. The molecule has 1 aromatic carbocycles. The number of hydrogen-bond donors (Lipinski definition) is 3. The van der Waals surface area contributed by atoms with Gasteiger partial charge in [-0.05, 0) is 55.7 Å². The number of carbonyl (C=O) groups is 4. The molecule has 1 aromatic heterocycles. The first kappa shape index (κ1) is 33.3. The number of rotatable bonds is 11. The van der Waals surface area contributed by atoms with Gasteiger partial charge < -0.3 is 34.1 Å². The number of ether oxygens (including phenoxy) is 5. The molecule has 16 heteroatoms. The van der Waals surface area contributed by atoms with Gasteiger partial charge in [0.25, 0.3) is 0 Å². The minimum atomic E-state index is -3.80. The average molecular weight is 637 g/mol. The van der Waals surface area contributed by atoms with E-state index in [1.807, 2.05) is 0 Å². The predicted molar refractivity (Wildman–Crippen MR) is 150 cm³/mol. The molecule has 1 saturated heterocycles. The van der Waals surface area contributed by atoms with E-state index in [1.54, 1.807) is 33.8 Å². The molecule has 2 aromatic rings. The number of likely N-dealkylation sites (tertiary alicyclic amines) is 1. The van der Waals surface area contributed by atoms with Crippen LogP contribution in [0, 0.1) is 11.8 Å². The predicted octanol–water partition coefficient (Wildman–Crippen LogP) is 3.69. The van der Waals surface area contributed by atoms with Crippen molar-refractivity contribution in [2.24, 2.45) is 11.8 Å². The van der Waals surface area contributed by atoms with Gasteiger partial charge in [0, 0.05) is 19.7 Å². The first-order valence-electron chi connectivity index (χ1n) is 14.1. The number of nitrogens with one attached hydrogen (secondary N) is 2. The summed E-state index contributed by atoms with van der Waals surface area (Å²) in [6.45, 7) is 7.97. The molecule has 4 amide bonds. The highest BCUT2D eigenvalue weighted by Crippen LogP contribution is 2.42. The molecule has 244 valence electrons. The number of aliphatic hydroxyl groups is 1. The second-order valence-electron chi connectivity index (χ2n) is 10.6. The van der Waals surface area contributed by atoms with Crippen LogP contribution in [0.2, 0.25) is 0 Å². The van der Waals surface area contributed by atoms with Crippen LogP contribution in [0.4, 0.5) is 24.2 Å². The van der Waals surface area contributed by atoms with Crippen molar-refractivity contribution in [3.05, 3.63) is 47.7 Å². The third-order valence-electron chi connectivity index (χ3n) is 6.92. The van der Waals surface area contributed by atoms with E-state index in [1.165, 1.54) is 37.4 Å². The number of aliphatic hydroxyl groups excluding tert-OH is 1. The van der Waals surface area contributed by atoms with Crippen molar-refractivity contribution < 1.29 is 56.7 Å². The number of nitrogens with zero attached hydrogens (tertiary/aromatic N) is 2. The first-order chi connectivity index (χ1) is 21.2. The number of carbonyl (C=O) groups excluding carboxylic acids is 4. The molecular weight excluding hydrogens is 602 g/mol. The van der Waals surface area contributed by atoms with Crippen LogP contribution in [-0.2, 0) is 30.2 Å². The third-order valence-corrected chi connectivity index (χ3v) is 6.92. The number of benzene rings is 1. The highest BCUT2D eigenvalue weighted by atomic mass is 19.3. The van der Waals surface area contributed by atoms with E-state index in [-0.39, 0.29) is 30.3 Å². The Bertz CT molecular complexity index is 1440. The lowest BCUT2D eigenvalue weighted by atomic mass is 9.82. The largest absolute Gasteiger partial charge is 0.586 e. The van der Waals surface area contributed by atoms with Crippen LogP contribution >= 0.6 is 0 Å². The normalized spacial score (nSPS) is 20.1. The maximum absolute atomic E-state index is 13.4. The Morgan fingerprint density at radius 2 is 1.80 bits per heavy atom. The van der Waals surface area contributed by atoms with E-state index in [9.17, 15) is 33.1 Å². The van der Waals surface area contributed by atoms with E-state index < -0.39 is 66.8 Å². The number of pyridine rings is 1. The molecule has 0 radical (unpaired) electrons. The lowest BCUT2D eigenvalue weighted by Crippen LogP contribution is -2.70. The Morgan fingerprint density at radius 3 is 2.49 bits per heavy atom. The molecule has 45 heavy (non-hydrogen) atoms. The average Bonchev–Trinajstić information content (AvgIpc) is 3.27. The molecule has 2 aliphatic rings. The number of fused-ring (bicyclic) bond motifs is 1. The summed E-state index contributed by atoms with van der Waals surface area (Å²) in [5.74, 6) is -2.70. The minimum Gasteiger partial charge on any atom is -0.425 e. The summed E-state index contributed by atoms with van der Waals surface area (Å²) in [6, 6.07) is 4.47. The molecule has 14 nitrogen and oxygen atoms in total. The van der Waals surface area contributed by atoms with Crippen LogP contribution in [0.3, 0.4) is 0 Å². The smallest absolute Gasteiger partial charge is 0.425 e. The second-order valence-corrected chi connectivity index (χ2v) is 10.6. The van der Waals surface area contributed by atoms with Gasteiger partial charge in [0.05, 0.1) is 17.9 Å². The van der Waals surface area contributed by atoms with Crippen LogP contribution in [-0.4, -0.2) is 70.5 Å². The van der Waals surface area contributed by atoms with Crippen LogP contribution < -0.4 is 20.1 Å². The molecule has 2 aliphatic heterocycles. The number of alkyl halides is 2. The molecule has 0 saturated carbocycles. The van der Waals surface area contributed by atoms with Gasteiger partial charge in [-0.1, -0.05) is 19.9 Å². The van der Waals surface area contributed by atoms with Gasteiger partial charge in [-0.2, -0.15) is 0 Å². The van der Waals surface area contributed by atoms with Crippen LogP contribution in [0.1, 0.15) is 51.8 Å². The summed E-state index contributed by atoms with van der Waals surface area (Å²) in [6.07, 6.45) is -5.94. The summed E-state index contributed by atoms with van der Waals surface area (Å²) in [7, 11) is 0. The zero-order valence-electron chi connectivity index (χ0n) is 25.1. The Hall–Kier alpha value is -4.57. The molecule has 0 spiro atoms. The number of anilines is 1. The van der Waals surface area contributed by atoms with Crippen LogP contribution in [0.15, 0.2) is 36.5 Å². The van der Waals surface area contributed by atoms with Gasteiger partial charge in [0.15, 0.2) is 17.8 Å². The van der Waals surface area contributed by atoms with Crippen LogP contribution in [0.25, 0.3) is 0 Å². The fraction of sp³-hybridized carbons (Fsp3) is 0.483. The Morgan fingerprint density at radius 1 is 1.09 bits per heavy atom. The summed E-state index contributed by atoms with van der Waals surface area (Å²) in [5.41, 5.74) is 0.940. The second kappa shape index (κ2) is 13.6. The molecule has 3 N–H and O–H groups in total. The van der Waals surface area contributed by atoms with E-state index in [2.05, 4.69) is 25.1 Å². The highest BCUT2D eigenvalue weighted by Gasteiger charge is 2.54. The number of imide groups is 1. The Labute approximate surface area is 256 Å². The van der Waals surface area contributed by atoms with Gasteiger partial charge in [-0.15, -0.1) is 8.78 Å². The highest BCUT2D eigenvalue weighted by molar-refractivity contribution is 6.01. The fourth-order valence-electron chi connectivity index (χ4n) is 4.71. The van der Waals surface area contributed by atoms with Crippen molar-refractivity contribution in [3.63, 3.8) is 0 Å². The summed E-state index contributed by atoms with van der Waals surface area (Å²) >= 11 is 0. The monoisotopic (exact) mass is 636 g/mol. The number of esters is 1. The summed E-state index contributed by atoms with van der Waals surface area (Å²) < 4.78 is 51.0. The van der Waals surface area contributed by atoms with Crippen molar-refractivity contribution >= 4 is 29.8 Å². The van der Waals surface area contributed by atoms with Crippen molar-refractivity contribution in [2.75, 3.05) is 11.9 Å². The summed E-state index contributed by atoms with van der Waals surface area (Å²) in [4.78, 5) is 55.3. The van der Waals surface area contributed by atoms with Crippen LogP contribution in [0.5, 0.6) is 11.5 Å². The lowest BCUT2D eigenvalue weighted by molar-refractivity contribution is -0.286. The number of urea groups is 1. The van der Waals surface area contributed by atoms with Gasteiger partial charge >= 0.3 is 24.4 Å². The van der Waals surface area contributed by atoms with Gasteiger partial charge in [-0.3, -0.25) is 19.8 Å². The number of β-lactam (4-membered cyclic amide) rings is 1. The molecule has 0 bridgehead atoms. The molecular formula is C29H34F2N4O10. The lowest BCUT2D eigenvalue weighted by Gasteiger charge is -2.47. The van der Waals surface area contributed by atoms with Crippen molar-refractivity contribution in [2.45, 2.75) is 72.0 Å². The van der Waals surface area contributed by atoms with Crippen molar-refractivity contribution in [3.8, 4) is 11.5 Å². The van der Waals surface area contributed by atoms with Gasteiger partial charge in [0.1, 0.15) is 11.9 Å². The molecule has 5 atom stereocenters. The summed E-state index contributed by atoms with van der Waals surface area (Å²) in [5, 5.41) is 15.7. The number of aromatic nitrogens is 1. The minimum absolute atomic E-state index is 0.0536. The SMILES string of the molecule is CCOC(O)[C@@H]1[C@@H](Cc2ccnc(NC(=O)OC(C)OC(=O)C(C)C)c2)C(=O)N1C(=O)N[C@H](C)c1ccc2c(c1)OC(F)(F)O2. The Balaban J connectivity index is 1.40. The van der Waals surface area contributed by atoms with E-state index in [4.69, 9.17) is 14.2 Å². The number of hydrogen-bond acceptors (Lipinski definition) is 11. The molecule has 4 rings (SSSR count). The maximum atomic E-state index is 13.4. The van der Waals surface area contributed by atoms with E-state index >= 15 is 0 Å². The maximum Gasteiger partial charge on any atom is 0.586 e. The quantitative estimate of drug-likeness (QED) is 0.186. The number of amides is 4. The van der Waals surface area contributed by atoms with Gasteiger partial charge in [0.2, 0.25) is 12.2 Å². The van der Waals surface area contributed by atoms with Crippen molar-refractivity contribution in [1.29, 1.82) is 0 Å². The number of halogens is 2. The molecule has 2 unspecified atom stereocenters. The topological polar surface area (TPSA) is 175 Å². The first-order valence-corrected chi connectivity index (χ1v) is 14.1. The van der Waals surface area contributed by atoms with E-state index in [0.29, 0.717) is 11.1 Å². The zero-order valence-corrected chi connectivity index (χ0v) is 25.1. The Kier molecular flexibility index (Phi) is 10.1. The van der Waals surface area contributed by atoms with E-state index in [0.717, 1.165) is 4.90 Å². The molecule has 1 fully saturated rings. The van der Waals surface area contributed by atoms with Gasteiger partial charge in [-0.25, -0.2) is 14.6 Å². The fourth-order valence-corrected chi connectivity index (χ4v) is 4.71. The van der Waals surface area contributed by atoms with Crippen molar-refractivity contribution in [1.82, 2.24) is 15.2 Å². The molecule has 3 heterocycles. The molecule has 0 aliphatic carbocycles. The third kappa shape index (κ3) is 7.94.